The molecule has 4 rings (SSSR count). The van der Waals surface area contributed by atoms with E-state index in [1.165, 1.54) is 0 Å². The first kappa shape index (κ1) is 20.5. The standard InChI is InChI=1S/C23H29N5O2/c1-14-17(9-10-28(4)23(14,2)3)22(30)20-8-7-19(26-27-20)18-6-5-15(11-21(18)29)16-12-24-25-13-16/h5-8,11-14,17,22,29-30H,9-10H2,1-4H3,(H,24,25). The lowest BCUT2D eigenvalue weighted by Gasteiger charge is -2.50. The minimum atomic E-state index is -0.661. The highest BCUT2D eigenvalue weighted by Gasteiger charge is 2.42. The van der Waals surface area contributed by atoms with Gasteiger partial charge in [0.25, 0.3) is 0 Å². The Hall–Kier alpha value is -2.77. The molecule has 7 heteroatoms. The molecular formula is C23H29N5O2. The number of piperidine rings is 1. The zero-order chi connectivity index (χ0) is 21.5. The topological polar surface area (TPSA) is 98.2 Å². The Morgan fingerprint density at radius 3 is 2.60 bits per heavy atom. The first-order chi connectivity index (χ1) is 14.3. The summed E-state index contributed by atoms with van der Waals surface area (Å²) in [4.78, 5) is 2.35. The third-order valence-electron chi connectivity index (χ3n) is 7.04. The van der Waals surface area contributed by atoms with Gasteiger partial charge in [-0.2, -0.15) is 15.3 Å². The van der Waals surface area contributed by atoms with Gasteiger partial charge in [0.2, 0.25) is 0 Å². The molecular weight excluding hydrogens is 378 g/mol. The minimum absolute atomic E-state index is 0.0137. The number of H-pyrrole nitrogens is 1. The second kappa shape index (κ2) is 7.81. The van der Waals surface area contributed by atoms with Gasteiger partial charge in [-0.3, -0.25) is 5.10 Å². The highest BCUT2D eigenvalue weighted by atomic mass is 16.3. The van der Waals surface area contributed by atoms with Gasteiger partial charge in [-0.25, -0.2) is 0 Å². The van der Waals surface area contributed by atoms with Gasteiger partial charge >= 0.3 is 0 Å². The summed E-state index contributed by atoms with van der Waals surface area (Å²) in [5.74, 6) is 0.563. The Kier molecular flexibility index (Phi) is 5.34. The van der Waals surface area contributed by atoms with E-state index in [9.17, 15) is 10.2 Å². The summed E-state index contributed by atoms with van der Waals surface area (Å²) < 4.78 is 0. The predicted octanol–water partition coefficient (Wildman–Crippen LogP) is 3.64. The molecule has 0 radical (unpaired) electrons. The normalized spacial score (nSPS) is 22.7. The van der Waals surface area contributed by atoms with Crippen LogP contribution in [0, 0.1) is 11.8 Å². The molecule has 3 aromatic rings. The maximum Gasteiger partial charge on any atom is 0.125 e. The molecule has 158 valence electrons. The van der Waals surface area contributed by atoms with Crippen LogP contribution in [0.3, 0.4) is 0 Å². The largest absolute Gasteiger partial charge is 0.507 e. The van der Waals surface area contributed by atoms with Crippen LogP contribution in [-0.2, 0) is 0 Å². The molecule has 0 bridgehead atoms. The molecule has 3 N–H and O–H groups in total. The SMILES string of the molecule is CC1C(C(O)c2ccc(-c3ccc(-c4cn[nH]c4)cc3O)nn2)CCN(C)C1(C)C. The lowest BCUT2D eigenvalue weighted by molar-refractivity contribution is -0.0436. The molecule has 3 unspecified atom stereocenters. The third-order valence-corrected chi connectivity index (χ3v) is 7.04. The molecule has 1 saturated heterocycles. The maximum absolute atomic E-state index is 11.0. The van der Waals surface area contributed by atoms with Gasteiger partial charge in [-0.1, -0.05) is 13.0 Å². The Morgan fingerprint density at radius 2 is 1.97 bits per heavy atom. The minimum Gasteiger partial charge on any atom is -0.507 e. The number of aromatic amines is 1. The average molecular weight is 408 g/mol. The number of nitrogens with zero attached hydrogens (tertiary/aromatic N) is 4. The van der Waals surface area contributed by atoms with Crippen LogP contribution in [0.4, 0.5) is 0 Å². The summed E-state index contributed by atoms with van der Waals surface area (Å²) >= 11 is 0. The van der Waals surface area contributed by atoms with Gasteiger partial charge in [0.05, 0.1) is 17.6 Å². The average Bonchev–Trinajstić information content (AvgIpc) is 3.27. The lowest BCUT2D eigenvalue weighted by Crippen LogP contribution is -2.54. The fourth-order valence-corrected chi connectivity index (χ4v) is 4.38. The Morgan fingerprint density at radius 1 is 1.17 bits per heavy atom. The monoisotopic (exact) mass is 407 g/mol. The molecule has 3 heterocycles. The molecule has 1 fully saturated rings. The second-order valence-electron chi connectivity index (χ2n) is 8.82. The lowest BCUT2D eigenvalue weighted by atomic mass is 9.70. The number of aliphatic hydroxyl groups excluding tert-OH is 1. The summed E-state index contributed by atoms with van der Waals surface area (Å²) in [5.41, 5.74) is 3.52. The van der Waals surface area contributed by atoms with E-state index in [1.54, 1.807) is 18.5 Å². The molecule has 1 aliphatic heterocycles. The number of hydrogen-bond acceptors (Lipinski definition) is 6. The van der Waals surface area contributed by atoms with Crippen molar-refractivity contribution < 1.29 is 10.2 Å². The molecule has 0 aliphatic carbocycles. The Labute approximate surface area is 176 Å². The maximum atomic E-state index is 11.0. The molecule has 7 nitrogen and oxygen atoms in total. The van der Waals surface area contributed by atoms with Crippen LogP contribution in [0.1, 0.15) is 39.0 Å². The number of likely N-dealkylation sites (tertiary alicyclic amines) is 1. The molecule has 2 aromatic heterocycles. The summed E-state index contributed by atoms with van der Waals surface area (Å²) in [6.07, 6.45) is 3.74. The zero-order valence-electron chi connectivity index (χ0n) is 17.9. The van der Waals surface area contributed by atoms with Crippen molar-refractivity contribution in [3.8, 4) is 28.1 Å². The number of benzene rings is 1. The number of phenols is 1. The highest BCUT2D eigenvalue weighted by Crippen LogP contribution is 2.42. The van der Waals surface area contributed by atoms with Crippen LogP contribution in [0.5, 0.6) is 5.75 Å². The molecule has 1 aliphatic rings. The number of aromatic hydroxyl groups is 1. The van der Waals surface area contributed by atoms with Gasteiger partial charge in [-0.05, 0) is 75.5 Å². The fraction of sp³-hybridized carbons (Fsp3) is 0.435. The van der Waals surface area contributed by atoms with E-state index < -0.39 is 6.10 Å². The quantitative estimate of drug-likeness (QED) is 0.611. The molecule has 3 atom stereocenters. The van der Waals surface area contributed by atoms with Crippen molar-refractivity contribution in [3.05, 3.63) is 48.4 Å². The van der Waals surface area contributed by atoms with E-state index in [1.807, 2.05) is 24.3 Å². The first-order valence-electron chi connectivity index (χ1n) is 10.3. The van der Waals surface area contributed by atoms with E-state index in [-0.39, 0.29) is 17.2 Å². The van der Waals surface area contributed by atoms with Crippen molar-refractivity contribution in [1.82, 2.24) is 25.3 Å². The zero-order valence-corrected chi connectivity index (χ0v) is 17.9. The van der Waals surface area contributed by atoms with Crippen molar-refractivity contribution in [1.29, 1.82) is 0 Å². The van der Waals surface area contributed by atoms with Gasteiger partial charge in [-0.15, -0.1) is 0 Å². The van der Waals surface area contributed by atoms with Crippen LogP contribution in [0.25, 0.3) is 22.4 Å². The fourth-order valence-electron chi connectivity index (χ4n) is 4.38. The van der Waals surface area contributed by atoms with E-state index >= 15 is 0 Å². The summed E-state index contributed by atoms with van der Waals surface area (Å²) in [6.45, 7) is 7.59. The highest BCUT2D eigenvalue weighted by molar-refractivity contribution is 5.73. The summed E-state index contributed by atoms with van der Waals surface area (Å²) in [7, 11) is 2.14. The van der Waals surface area contributed by atoms with E-state index in [4.69, 9.17) is 0 Å². The van der Waals surface area contributed by atoms with Crippen LogP contribution >= 0.6 is 0 Å². The first-order valence-corrected chi connectivity index (χ1v) is 10.3. The van der Waals surface area contributed by atoms with Crippen LogP contribution in [-0.4, -0.2) is 54.6 Å². The predicted molar refractivity (Wildman–Crippen MR) is 116 cm³/mol. The van der Waals surface area contributed by atoms with Crippen molar-refractivity contribution >= 4 is 0 Å². The van der Waals surface area contributed by atoms with Gasteiger partial charge < -0.3 is 15.1 Å². The van der Waals surface area contributed by atoms with Crippen molar-refractivity contribution in [3.63, 3.8) is 0 Å². The van der Waals surface area contributed by atoms with Crippen LogP contribution < -0.4 is 0 Å². The molecule has 30 heavy (non-hydrogen) atoms. The number of aromatic nitrogens is 4. The third kappa shape index (κ3) is 3.59. The van der Waals surface area contributed by atoms with Gasteiger partial charge in [0.15, 0.2) is 0 Å². The summed E-state index contributed by atoms with van der Waals surface area (Å²) in [6, 6.07) is 9.04. The molecule has 1 aromatic carbocycles. The number of rotatable bonds is 4. The smallest absolute Gasteiger partial charge is 0.125 e. The van der Waals surface area contributed by atoms with Crippen molar-refractivity contribution in [2.24, 2.45) is 11.8 Å². The van der Waals surface area contributed by atoms with Crippen LogP contribution in [0.15, 0.2) is 42.7 Å². The Bertz CT molecular complexity index is 1000. The molecule has 0 amide bonds. The number of aliphatic hydroxyl groups is 1. The molecule has 0 saturated carbocycles. The van der Waals surface area contributed by atoms with Gasteiger partial charge in [0.1, 0.15) is 11.9 Å². The van der Waals surface area contributed by atoms with E-state index in [0.717, 1.165) is 24.1 Å². The van der Waals surface area contributed by atoms with Crippen LogP contribution in [0.2, 0.25) is 0 Å². The van der Waals surface area contributed by atoms with Crippen molar-refractivity contribution in [2.45, 2.75) is 38.8 Å². The summed E-state index contributed by atoms with van der Waals surface area (Å²) in [5, 5.41) is 36.8. The Balaban J connectivity index is 1.54. The number of hydrogen-bond donors (Lipinski definition) is 3. The van der Waals surface area contributed by atoms with Gasteiger partial charge in [0, 0.05) is 22.9 Å². The van der Waals surface area contributed by atoms with E-state index in [2.05, 4.69) is 53.1 Å². The van der Waals surface area contributed by atoms with Crippen molar-refractivity contribution in [2.75, 3.05) is 13.6 Å². The second-order valence-corrected chi connectivity index (χ2v) is 8.82. The molecule has 0 spiro atoms. The number of nitrogens with one attached hydrogen (secondary N) is 1. The number of phenolic OH excluding ortho intramolecular Hbond substituents is 1. The van der Waals surface area contributed by atoms with E-state index in [0.29, 0.717) is 22.9 Å².